The summed E-state index contributed by atoms with van der Waals surface area (Å²) in [6.07, 6.45) is 4.13. The van der Waals surface area contributed by atoms with Crippen LogP contribution < -0.4 is 9.30 Å². The number of hydrogen-bond acceptors (Lipinski definition) is 2. The van der Waals surface area contributed by atoms with Gasteiger partial charge in [0.25, 0.3) is 6.33 Å². The van der Waals surface area contributed by atoms with Gasteiger partial charge in [-0.25, -0.2) is 4.98 Å². The highest BCUT2D eigenvalue weighted by Gasteiger charge is 2.25. The number of hydrogen-bond donors (Lipinski definition) is 0. The second kappa shape index (κ2) is 13.1. The maximum Gasteiger partial charge on any atom is 0.255 e. The molecule has 6 aromatic carbocycles. The molecule has 9 rings (SSSR count). The fourth-order valence-corrected chi connectivity index (χ4v) is 7.67. The van der Waals surface area contributed by atoms with Crippen molar-refractivity contribution in [2.75, 3.05) is 0 Å². The lowest BCUT2D eigenvalue weighted by molar-refractivity contribution is -0.567. The highest BCUT2D eigenvalue weighted by atomic mass is 16.5. The van der Waals surface area contributed by atoms with Crippen molar-refractivity contribution in [3.8, 4) is 39.8 Å². The summed E-state index contributed by atoms with van der Waals surface area (Å²) in [5.41, 5.74) is 11.5. The molecule has 270 valence electrons. The highest BCUT2D eigenvalue weighted by molar-refractivity contribution is 6.09. The zero-order chi connectivity index (χ0) is 37.9. The predicted molar refractivity (Wildman–Crippen MR) is 226 cm³/mol. The molecule has 0 aliphatic carbocycles. The third-order valence-corrected chi connectivity index (χ3v) is 10.7. The van der Waals surface area contributed by atoms with Gasteiger partial charge in [0.05, 0.1) is 11.0 Å². The maximum atomic E-state index is 6.69. The van der Waals surface area contributed by atoms with E-state index in [2.05, 4.69) is 207 Å². The molecule has 0 aliphatic heterocycles. The Morgan fingerprint density at radius 2 is 1.24 bits per heavy atom. The Morgan fingerprint density at radius 3 is 2.04 bits per heavy atom. The molecule has 0 spiro atoms. The van der Waals surface area contributed by atoms with Gasteiger partial charge in [0.1, 0.15) is 28.7 Å². The zero-order valence-electron chi connectivity index (χ0n) is 32.3. The van der Waals surface area contributed by atoms with Crippen LogP contribution >= 0.6 is 0 Å². The molecule has 3 aromatic heterocycles. The standard InChI is InChI=1S/C50H45N4O/c1-49(2,3)35-23-25-40(34-15-8-7-9-16-34)46(29-35)53-33-52(44-21-12-13-22-45(44)53)37-17-14-18-38(31-37)55-39-24-26-42-41-19-10-11-20-43(41)54(47(42)32-39)48-30-36(27-28-51-48)50(4,5)6/h7-33H,1-6H3/q+1. The molecule has 0 atom stereocenters. The van der Waals surface area contributed by atoms with Crippen LogP contribution in [0.2, 0.25) is 0 Å². The Balaban J connectivity index is 1.14. The van der Waals surface area contributed by atoms with Gasteiger partial charge in [-0.05, 0) is 94.3 Å². The van der Waals surface area contributed by atoms with Gasteiger partial charge >= 0.3 is 0 Å². The van der Waals surface area contributed by atoms with Crippen LogP contribution in [0.3, 0.4) is 0 Å². The molecule has 0 saturated heterocycles. The van der Waals surface area contributed by atoms with E-state index in [4.69, 9.17) is 9.72 Å². The lowest BCUT2D eigenvalue weighted by atomic mass is 9.85. The van der Waals surface area contributed by atoms with E-state index in [0.29, 0.717) is 0 Å². The van der Waals surface area contributed by atoms with Gasteiger partial charge < -0.3 is 4.74 Å². The van der Waals surface area contributed by atoms with Crippen LogP contribution in [0, 0.1) is 0 Å². The molecule has 0 unspecified atom stereocenters. The molecule has 55 heavy (non-hydrogen) atoms. The quantitative estimate of drug-likeness (QED) is 0.161. The number of pyridine rings is 1. The molecule has 5 nitrogen and oxygen atoms in total. The number of rotatable bonds is 6. The Kier molecular flexibility index (Phi) is 8.20. The molecule has 0 aliphatic rings. The summed E-state index contributed by atoms with van der Waals surface area (Å²) in [4.78, 5) is 4.86. The van der Waals surface area contributed by atoms with E-state index in [-0.39, 0.29) is 10.8 Å². The predicted octanol–water partition coefficient (Wildman–Crippen LogP) is 12.5. The van der Waals surface area contributed by atoms with Gasteiger partial charge in [0.2, 0.25) is 0 Å². The number of ether oxygens (including phenoxy) is 1. The Labute approximate surface area is 322 Å². The van der Waals surface area contributed by atoms with E-state index in [0.717, 1.165) is 56.1 Å². The fourth-order valence-electron chi connectivity index (χ4n) is 7.67. The lowest BCUT2D eigenvalue weighted by Gasteiger charge is -2.20. The van der Waals surface area contributed by atoms with Gasteiger partial charge in [0, 0.05) is 34.7 Å². The van der Waals surface area contributed by atoms with Crippen LogP contribution in [-0.2, 0) is 10.8 Å². The molecule has 0 radical (unpaired) electrons. The Bertz CT molecular complexity index is 2870. The third kappa shape index (κ3) is 6.26. The van der Waals surface area contributed by atoms with Crippen molar-refractivity contribution in [1.29, 1.82) is 0 Å². The molecule has 0 amide bonds. The average molecular weight is 718 g/mol. The van der Waals surface area contributed by atoms with Crippen molar-refractivity contribution < 1.29 is 9.30 Å². The molecule has 0 bridgehead atoms. The van der Waals surface area contributed by atoms with Crippen molar-refractivity contribution in [1.82, 2.24) is 14.1 Å². The first-order chi connectivity index (χ1) is 26.5. The normalized spacial score (nSPS) is 12.2. The number of benzene rings is 6. The number of imidazole rings is 1. The van der Waals surface area contributed by atoms with E-state index >= 15 is 0 Å². The van der Waals surface area contributed by atoms with Crippen molar-refractivity contribution in [3.05, 3.63) is 175 Å². The fraction of sp³-hybridized carbons (Fsp3) is 0.160. The minimum atomic E-state index is -0.00107. The first-order valence-corrected chi connectivity index (χ1v) is 19.0. The minimum absolute atomic E-state index is 0.000694. The van der Waals surface area contributed by atoms with E-state index in [1.807, 2.05) is 12.3 Å². The van der Waals surface area contributed by atoms with Crippen LogP contribution in [0.5, 0.6) is 11.5 Å². The molecular weight excluding hydrogens is 673 g/mol. The smallest absolute Gasteiger partial charge is 0.255 e. The van der Waals surface area contributed by atoms with E-state index in [1.165, 1.54) is 27.6 Å². The third-order valence-electron chi connectivity index (χ3n) is 10.7. The SMILES string of the molecule is CC(C)(C)c1ccnc(-n2c3ccccc3c3ccc(Oc4cccc(-n5c[n+](-c6cc(C(C)(C)C)ccc6-c6ccccc6)c6ccccc65)c4)cc32)c1. The second-order valence-electron chi connectivity index (χ2n) is 16.5. The highest BCUT2D eigenvalue weighted by Crippen LogP contribution is 2.37. The number of para-hydroxylation sites is 3. The van der Waals surface area contributed by atoms with Crippen molar-refractivity contribution in [2.24, 2.45) is 0 Å². The number of nitrogens with zero attached hydrogens (tertiary/aromatic N) is 4. The molecule has 0 fully saturated rings. The monoisotopic (exact) mass is 717 g/mol. The van der Waals surface area contributed by atoms with Gasteiger partial charge in [-0.1, -0.05) is 114 Å². The molecule has 0 N–H and O–H groups in total. The van der Waals surface area contributed by atoms with Gasteiger partial charge in [-0.15, -0.1) is 0 Å². The average Bonchev–Trinajstić information content (AvgIpc) is 3.74. The summed E-state index contributed by atoms with van der Waals surface area (Å²) in [7, 11) is 0. The minimum Gasteiger partial charge on any atom is -0.457 e. The zero-order valence-corrected chi connectivity index (χ0v) is 32.3. The Morgan fingerprint density at radius 1 is 0.545 bits per heavy atom. The summed E-state index contributed by atoms with van der Waals surface area (Å²) in [5, 5.41) is 2.35. The Hall–Kier alpha value is -6.46. The lowest BCUT2D eigenvalue weighted by Crippen LogP contribution is -2.30. The van der Waals surface area contributed by atoms with Gasteiger partial charge in [0.15, 0.2) is 11.0 Å². The molecule has 0 saturated carbocycles. The molecule has 3 heterocycles. The first-order valence-electron chi connectivity index (χ1n) is 19.0. The van der Waals surface area contributed by atoms with Crippen molar-refractivity contribution in [3.63, 3.8) is 0 Å². The number of aromatic nitrogens is 4. The van der Waals surface area contributed by atoms with Crippen LogP contribution in [-0.4, -0.2) is 14.1 Å². The maximum absolute atomic E-state index is 6.69. The molecular formula is C50H45N4O+. The van der Waals surface area contributed by atoms with E-state index < -0.39 is 0 Å². The second-order valence-corrected chi connectivity index (χ2v) is 16.5. The van der Waals surface area contributed by atoms with E-state index in [1.54, 1.807) is 0 Å². The molecule has 9 aromatic rings. The van der Waals surface area contributed by atoms with Crippen LogP contribution in [0.15, 0.2) is 164 Å². The van der Waals surface area contributed by atoms with Crippen LogP contribution in [0.4, 0.5) is 0 Å². The molecule has 5 heteroatoms. The number of fused-ring (bicyclic) bond motifs is 4. The van der Waals surface area contributed by atoms with Gasteiger partial charge in [-0.3, -0.25) is 4.57 Å². The summed E-state index contributed by atoms with van der Waals surface area (Å²) >= 11 is 0. The van der Waals surface area contributed by atoms with Crippen molar-refractivity contribution >= 4 is 32.8 Å². The van der Waals surface area contributed by atoms with Gasteiger partial charge in [-0.2, -0.15) is 9.13 Å². The largest absolute Gasteiger partial charge is 0.457 e. The van der Waals surface area contributed by atoms with E-state index in [9.17, 15) is 0 Å². The van der Waals surface area contributed by atoms with Crippen LogP contribution in [0.25, 0.3) is 61.2 Å². The summed E-state index contributed by atoms with van der Waals surface area (Å²) in [6, 6.07) is 53.7. The summed E-state index contributed by atoms with van der Waals surface area (Å²) in [5.74, 6) is 2.42. The topological polar surface area (TPSA) is 35.9 Å². The van der Waals surface area contributed by atoms with Crippen LogP contribution in [0.1, 0.15) is 52.7 Å². The first kappa shape index (κ1) is 34.3. The van der Waals surface area contributed by atoms with Crippen molar-refractivity contribution in [2.45, 2.75) is 52.4 Å². The summed E-state index contributed by atoms with van der Waals surface area (Å²) in [6.45, 7) is 13.5. The summed E-state index contributed by atoms with van der Waals surface area (Å²) < 4.78 is 13.5.